The zero-order valence-electron chi connectivity index (χ0n) is 10.5. The zero-order chi connectivity index (χ0) is 13.8. The summed E-state index contributed by atoms with van der Waals surface area (Å²) in [4.78, 5) is 4.25. The molecule has 0 fully saturated rings. The van der Waals surface area contributed by atoms with Gasteiger partial charge in [0.15, 0.2) is 0 Å². The van der Waals surface area contributed by atoms with E-state index >= 15 is 0 Å². The lowest BCUT2D eigenvalue weighted by molar-refractivity contribution is 0.371. The van der Waals surface area contributed by atoms with E-state index in [1.165, 1.54) is 0 Å². The first-order chi connectivity index (χ1) is 9.10. The molecular weight excluding hydrogens is 258 g/mol. The highest BCUT2D eigenvalue weighted by Crippen LogP contribution is 2.24. The van der Waals surface area contributed by atoms with Crippen molar-refractivity contribution in [1.29, 1.82) is 0 Å². The molecule has 5 heteroatoms. The Bertz CT molecular complexity index is 616. The summed E-state index contributed by atoms with van der Waals surface area (Å²) in [5.41, 5.74) is 2.09. The van der Waals surface area contributed by atoms with Gasteiger partial charge in [-0.1, -0.05) is 35.8 Å². The second-order valence-corrected chi connectivity index (χ2v) is 4.36. The smallest absolute Gasteiger partial charge is 0.141 e. The van der Waals surface area contributed by atoms with Gasteiger partial charge in [-0.3, -0.25) is 0 Å². The molecule has 1 aromatic heterocycles. The van der Waals surface area contributed by atoms with E-state index in [0.717, 1.165) is 5.69 Å². The van der Waals surface area contributed by atoms with Crippen LogP contribution in [-0.2, 0) is 4.74 Å². The lowest BCUT2D eigenvalue weighted by Crippen LogP contribution is -2.08. The SMILES string of the molecule is [B]c1cnc(Nc2cccc(Cl)c2)c(C(=C)OC)c1. The Kier molecular flexibility index (Phi) is 4.12. The molecule has 2 rings (SSSR count). The first-order valence-electron chi connectivity index (χ1n) is 5.61. The van der Waals surface area contributed by atoms with Gasteiger partial charge in [0.25, 0.3) is 0 Å². The number of benzene rings is 1. The van der Waals surface area contributed by atoms with Crippen LogP contribution in [0.2, 0.25) is 5.02 Å². The van der Waals surface area contributed by atoms with Crippen LogP contribution >= 0.6 is 11.6 Å². The van der Waals surface area contributed by atoms with Crippen molar-refractivity contribution in [3.05, 3.63) is 53.7 Å². The van der Waals surface area contributed by atoms with Crippen LogP contribution < -0.4 is 10.8 Å². The number of hydrogen-bond donors (Lipinski definition) is 1. The third-order valence-corrected chi connectivity index (χ3v) is 2.78. The maximum Gasteiger partial charge on any atom is 0.141 e. The molecule has 0 atom stereocenters. The number of hydrogen-bond acceptors (Lipinski definition) is 3. The molecule has 2 radical (unpaired) electrons. The van der Waals surface area contributed by atoms with Gasteiger partial charge in [-0.15, -0.1) is 0 Å². The maximum absolute atomic E-state index is 5.94. The number of aromatic nitrogens is 1. The van der Waals surface area contributed by atoms with Gasteiger partial charge in [-0.25, -0.2) is 4.98 Å². The standard InChI is InChI=1S/C14H12BClN2O/c1-9(19-2)13-6-10(15)8-17-14(13)18-12-5-3-4-11(16)7-12/h3-8H,1H2,2H3,(H,17,18). The van der Waals surface area contributed by atoms with Gasteiger partial charge in [-0.05, 0) is 18.2 Å². The van der Waals surface area contributed by atoms with Crippen molar-refractivity contribution in [2.24, 2.45) is 0 Å². The molecule has 3 nitrogen and oxygen atoms in total. The van der Waals surface area contributed by atoms with Crippen molar-refractivity contribution in [3.63, 3.8) is 0 Å². The molecule has 1 heterocycles. The average molecular weight is 271 g/mol. The number of rotatable bonds is 4. The van der Waals surface area contributed by atoms with Crippen molar-refractivity contribution < 1.29 is 4.74 Å². The number of halogens is 1. The predicted octanol–water partition coefficient (Wildman–Crippen LogP) is 2.89. The van der Waals surface area contributed by atoms with Gasteiger partial charge in [0.1, 0.15) is 19.4 Å². The van der Waals surface area contributed by atoms with E-state index in [1.807, 2.05) is 12.1 Å². The number of nitrogens with one attached hydrogen (secondary N) is 1. The number of ether oxygens (including phenoxy) is 1. The molecule has 94 valence electrons. The van der Waals surface area contributed by atoms with Gasteiger partial charge < -0.3 is 10.1 Å². The molecule has 0 spiro atoms. The van der Waals surface area contributed by atoms with E-state index in [9.17, 15) is 0 Å². The molecule has 0 saturated carbocycles. The highest BCUT2D eigenvalue weighted by atomic mass is 35.5. The molecule has 1 N–H and O–H groups in total. The summed E-state index contributed by atoms with van der Waals surface area (Å²) in [6.45, 7) is 3.82. The minimum Gasteiger partial charge on any atom is -0.497 e. The van der Waals surface area contributed by atoms with Crippen molar-refractivity contribution in [2.45, 2.75) is 0 Å². The van der Waals surface area contributed by atoms with Crippen molar-refractivity contribution in [1.82, 2.24) is 4.98 Å². The molecule has 0 bridgehead atoms. The molecular formula is C14H12BClN2O. The summed E-state index contributed by atoms with van der Waals surface area (Å²) in [6, 6.07) is 9.11. The number of anilines is 2. The summed E-state index contributed by atoms with van der Waals surface area (Å²) < 4.78 is 5.14. The van der Waals surface area contributed by atoms with Gasteiger partial charge >= 0.3 is 0 Å². The third kappa shape index (κ3) is 3.29. The van der Waals surface area contributed by atoms with Crippen LogP contribution in [0.5, 0.6) is 0 Å². The maximum atomic E-state index is 5.94. The first-order valence-corrected chi connectivity index (χ1v) is 5.99. The molecule has 0 aliphatic heterocycles. The molecule has 0 aliphatic carbocycles. The second kappa shape index (κ2) is 5.80. The molecule has 0 saturated heterocycles. The number of pyridine rings is 1. The van der Waals surface area contributed by atoms with Gasteiger partial charge in [0, 0.05) is 16.9 Å². The molecule has 2 aromatic rings. The summed E-state index contributed by atoms with van der Waals surface area (Å²) in [6.07, 6.45) is 1.57. The van der Waals surface area contributed by atoms with E-state index in [1.54, 1.807) is 31.5 Å². The highest BCUT2D eigenvalue weighted by molar-refractivity contribution is 6.32. The van der Waals surface area contributed by atoms with Crippen molar-refractivity contribution in [2.75, 3.05) is 12.4 Å². The molecule has 19 heavy (non-hydrogen) atoms. The normalized spacial score (nSPS) is 10.0. The van der Waals surface area contributed by atoms with E-state index in [-0.39, 0.29) is 0 Å². The van der Waals surface area contributed by atoms with Crippen LogP contribution in [-0.4, -0.2) is 19.9 Å². The molecule has 0 amide bonds. The second-order valence-electron chi connectivity index (χ2n) is 3.93. The number of nitrogens with zero attached hydrogens (tertiary/aromatic N) is 1. The topological polar surface area (TPSA) is 34.2 Å². The lowest BCUT2D eigenvalue weighted by Gasteiger charge is -2.13. The summed E-state index contributed by atoms with van der Waals surface area (Å²) in [5.74, 6) is 1.10. The van der Waals surface area contributed by atoms with E-state index in [4.69, 9.17) is 24.2 Å². The van der Waals surface area contributed by atoms with Crippen LogP contribution in [0.3, 0.4) is 0 Å². The van der Waals surface area contributed by atoms with E-state index in [0.29, 0.717) is 27.6 Å². The Labute approximate surface area is 118 Å². The van der Waals surface area contributed by atoms with E-state index in [2.05, 4.69) is 16.9 Å². The van der Waals surface area contributed by atoms with Gasteiger partial charge in [0.2, 0.25) is 0 Å². The summed E-state index contributed by atoms with van der Waals surface area (Å²) in [5, 5.41) is 3.81. The monoisotopic (exact) mass is 270 g/mol. The van der Waals surface area contributed by atoms with Crippen LogP contribution in [0, 0.1) is 0 Å². The minimum atomic E-state index is 0.490. The summed E-state index contributed by atoms with van der Waals surface area (Å²) in [7, 11) is 7.28. The van der Waals surface area contributed by atoms with Crippen molar-refractivity contribution in [3.8, 4) is 0 Å². The molecule has 0 aliphatic rings. The Morgan fingerprint density at radius 3 is 2.89 bits per heavy atom. The summed E-state index contributed by atoms with van der Waals surface area (Å²) >= 11 is 5.94. The van der Waals surface area contributed by atoms with Gasteiger partial charge in [0.05, 0.1) is 12.7 Å². The highest BCUT2D eigenvalue weighted by Gasteiger charge is 2.09. The van der Waals surface area contributed by atoms with E-state index < -0.39 is 0 Å². The zero-order valence-corrected chi connectivity index (χ0v) is 11.2. The van der Waals surface area contributed by atoms with Crippen LogP contribution in [0.15, 0.2) is 43.1 Å². The largest absolute Gasteiger partial charge is 0.497 e. The fourth-order valence-electron chi connectivity index (χ4n) is 1.61. The quantitative estimate of drug-likeness (QED) is 0.685. The van der Waals surface area contributed by atoms with Crippen LogP contribution in [0.4, 0.5) is 11.5 Å². The Balaban J connectivity index is 2.37. The fourth-order valence-corrected chi connectivity index (χ4v) is 1.80. The van der Waals surface area contributed by atoms with Crippen LogP contribution in [0.1, 0.15) is 5.56 Å². The van der Waals surface area contributed by atoms with Gasteiger partial charge in [-0.2, -0.15) is 0 Å². The molecule has 1 aromatic carbocycles. The third-order valence-electron chi connectivity index (χ3n) is 2.54. The molecule has 0 unspecified atom stereocenters. The Hall–Kier alpha value is -1.94. The fraction of sp³-hybridized carbons (Fsp3) is 0.0714. The Morgan fingerprint density at radius 2 is 2.21 bits per heavy atom. The van der Waals surface area contributed by atoms with Crippen LogP contribution in [0.25, 0.3) is 5.76 Å². The lowest BCUT2D eigenvalue weighted by atomic mass is 9.96. The Morgan fingerprint density at radius 1 is 1.42 bits per heavy atom. The number of methoxy groups -OCH3 is 1. The average Bonchev–Trinajstić information content (AvgIpc) is 2.40. The van der Waals surface area contributed by atoms with Crippen molar-refractivity contribution >= 4 is 42.2 Å². The first kappa shape index (κ1) is 13.5. The predicted molar refractivity (Wildman–Crippen MR) is 80.4 cm³/mol. The minimum absolute atomic E-state index is 0.490.